The van der Waals surface area contributed by atoms with Crippen LogP contribution in [0.2, 0.25) is 0 Å². The van der Waals surface area contributed by atoms with Gasteiger partial charge in [-0.05, 0) is 19.0 Å². The van der Waals surface area contributed by atoms with Crippen LogP contribution in [0.25, 0.3) is 0 Å². The van der Waals surface area contributed by atoms with Crippen LogP contribution in [0.15, 0.2) is 29.2 Å². The van der Waals surface area contributed by atoms with E-state index in [9.17, 15) is 14.9 Å². The Kier molecular flexibility index (Phi) is 7.03. The molecule has 0 aliphatic rings. The highest BCUT2D eigenvalue weighted by atomic mass is 32.2. The van der Waals surface area contributed by atoms with Crippen LogP contribution in [-0.2, 0) is 9.53 Å². The Morgan fingerprint density at radius 3 is 2.80 bits per heavy atom. The van der Waals surface area contributed by atoms with Crippen molar-refractivity contribution in [3.63, 3.8) is 0 Å². The molecule has 0 bridgehead atoms. The number of ether oxygens (including phenoxy) is 1. The van der Waals surface area contributed by atoms with Gasteiger partial charge in [0.2, 0.25) is 0 Å². The lowest BCUT2D eigenvalue weighted by atomic mass is 10.3. The second-order valence-electron chi connectivity index (χ2n) is 4.07. The maximum atomic E-state index is 11.6. The fourth-order valence-corrected chi connectivity index (χ4v) is 2.64. The molecule has 1 N–H and O–H groups in total. The lowest BCUT2D eigenvalue weighted by Crippen LogP contribution is -2.40. The maximum absolute atomic E-state index is 11.6. The SMILES string of the molecule is CCCNC(CSc1ccccc1[N+](=O)[O-])C(=O)OC. The Morgan fingerprint density at radius 1 is 1.50 bits per heavy atom. The number of hydrogen-bond acceptors (Lipinski definition) is 6. The molecule has 0 aliphatic carbocycles. The van der Waals surface area contributed by atoms with E-state index >= 15 is 0 Å². The number of carbonyl (C=O) groups is 1. The van der Waals surface area contributed by atoms with Crippen molar-refractivity contribution < 1.29 is 14.5 Å². The molecule has 0 aliphatic heterocycles. The molecule has 0 fully saturated rings. The third-order valence-corrected chi connectivity index (χ3v) is 3.75. The van der Waals surface area contributed by atoms with E-state index in [0.29, 0.717) is 17.2 Å². The van der Waals surface area contributed by atoms with Crippen molar-refractivity contribution in [1.29, 1.82) is 0 Å². The van der Waals surface area contributed by atoms with Gasteiger partial charge in [0.05, 0.1) is 16.9 Å². The lowest BCUT2D eigenvalue weighted by Gasteiger charge is -2.15. The number of rotatable bonds is 8. The second kappa shape index (κ2) is 8.55. The molecule has 1 atom stereocenters. The van der Waals surface area contributed by atoms with E-state index in [2.05, 4.69) is 5.32 Å². The van der Waals surface area contributed by atoms with E-state index in [1.165, 1.54) is 24.9 Å². The van der Waals surface area contributed by atoms with Crippen LogP contribution in [0.4, 0.5) is 5.69 Å². The number of carbonyl (C=O) groups excluding carboxylic acids is 1. The quantitative estimate of drug-likeness (QED) is 0.343. The number of methoxy groups -OCH3 is 1. The summed E-state index contributed by atoms with van der Waals surface area (Å²) in [5.41, 5.74) is 0.0524. The summed E-state index contributed by atoms with van der Waals surface area (Å²) in [5.74, 6) is 0.0295. The molecule has 0 saturated carbocycles. The van der Waals surface area contributed by atoms with Crippen molar-refractivity contribution in [3.05, 3.63) is 34.4 Å². The summed E-state index contributed by atoms with van der Waals surface area (Å²) in [6.45, 7) is 2.69. The first-order chi connectivity index (χ1) is 9.60. The minimum atomic E-state index is -0.468. The number of hydrogen-bond donors (Lipinski definition) is 1. The Balaban J connectivity index is 2.71. The van der Waals surface area contributed by atoms with E-state index < -0.39 is 11.0 Å². The number of nitro benzene ring substituents is 1. The molecule has 0 spiro atoms. The Labute approximate surface area is 122 Å². The predicted octanol–water partition coefficient (Wildman–Crippen LogP) is 2.23. The Hall–Kier alpha value is -1.60. The van der Waals surface area contributed by atoms with Crippen molar-refractivity contribution >= 4 is 23.4 Å². The summed E-state index contributed by atoms with van der Waals surface area (Å²) >= 11 is 1.27. The van der Waals surface area contributed by atoms with Crippen molar-refractivity contribution in [1.82, 2.24) is 5.32 Å². The number of nitrogens with one attached hydrogen (secondary N) is 1. The van der Waals surface area contributed by atoms with Gasteiger partial charge >= 0.3 is 5.97 Å². The van der Waals surface area contributed by atoms with Crippen LogP contribution < -0.4 is 5.32 Å². The van der Waals surface area contributed by atoms with E-state index in [4.69, 9.17) is 4.74 Å². The lowest BCUT2D eigenvalue weighted by molar-refractivity contribution is -0.387. The molecular weight excluding hydrogens is 280 g/mol. The molecule has 0 radical (unpaired) electrons. The molecule has 1 unspecified atom stereocenters. The molecule has 110 valence electrons. The van der Waals surface area contributed by atoms with E-state index in [1.54, 1.807) is 18.2 Å². The van der Waals surface area contributed by atoms with Gasteiger partial charge in [-0.1, -0.05) is 19.1 Å². The van der Waals surface area contributed by atoms with Gasteiger partial charge in [-0.2, -0.15) is 0 Å². The van der Waals surface area contributed by atoms with Crippen LogP contribution in [-0.4, -0.2) is 36.3 Å². The number of nitro groups is 1. The molecule has 1 aromatic rings. The first-order valence-corrected chi connectivity index (χ1v) is 7.26. The van der Waals surface area contributed by atoms with Gasteiger partial charge in [0.25, 0.3) is 5.69 Å². The summed E-state index contributed by atoms with van der Waals surface area (Å²) in [6.07, 6.45) is 0.893. The van der Waals surface area contributed by atoms with Crippen molar-refractivity contribution in [3.8, 4) is 0 Å². The molecule has 6 nitrogen and oxygen atoms in total. The van der Waals surface area contributed by atoms with Gasteiger partial charge < -0.3 is 10.1 Å². The zero-order valence-electron chi connectivity index (χ0n) is 11.5. The van der Waals surface area contributed by atoms with E-state index in [0.717, 1.165) is 6.42 Å². The first kappa shape index (κ1) is 16.5. The number of para-hydroxylation sites is 1. The molecule has 7 heteroatoms. The minimum Gasteiger partial charge on any atom is -0.468 e. The summed E-state index contributed by atoms with van der Waals surface area (Å²) < 4.78 is 4.73. The van der Waals surface area contributed by atoms with Crippen molar-refractivity contribution in [2.24, 2.45) is 0 Å². The topological polar surface area (TPSA) is 81.5 Å². The highest BCUT2D eigenvalue weighted by molar-refractivity contribution is 7.99. The van der Waals surface area contributed by atoms with Crippen molar-refractivity contribution in [2.75, 3.05) is 19.4 Å². The average Bonchev–Trinajstić information content (AvgIpc) is 2.46. The highest BCUT2D eigenvalue weighted by Gasteiger charge is 2.21. The van der Waals surface area contributed by atoms with Crippen LogP contribution in [0, 0.1) is 10.1 Å². The van der Waals surface area contributed by atoms with Gasteiger partial charge in [-0.25, -0.2) is 0 Å². The van der Waals surface area contributed by atoms with Gasteiger partial charge in [0.15, 0.2) is 0 Å². The van der Waals surface area contributed by atoms with E-state index in [-0.39, 0.29) is 11.7 Å². The number of thioether (sulfide) groups is 1. The van der Waals surface area contributed by atoms with E-state index in [1.807, 2.05) is 6.92 Å². The summed E-state index contributed by atoms with van der Waals surface area (Å²) in [7, 11) is 1.33. The fraction of sp³-hybridized carbons (Fsp3) is 0.462. The molecule has 0 saturated heterocycles. The summed E-state index contributed by atoms with van der Waals surface area (Å²) in [4.78, 5) is 22.7. The zero-order chi connectivity index (χ0) is 15.0. The Morgan fingerprint density at radius 2 is 2.20 bits per heavy atom. The smallest absolute Gasteiger partial charge is 0.323 e. The molecule has 0 heterocycles. The molecule has 1 aromatic carbocycles. The second-order valence-corrected chi connectivity index (χ2v) is 5.13. The third kappa shape index (κ3) is 4.82. The molecule has 20 heavy (non-hydrogen) atoms. The molecule has 0 aromatic heterocycles. The van der Waals surface area contributed by atoms with Crippen LogP contribution in [0.1, 0.15) is 13.3 Å². The average molecular weight is 298 g/mol. The zero-order valence-corrected chi connectivity index (χ0v) is 12.3. The largest absolute Gasteiger partial charge is 0.468 e. The standard InChI is InChI=1S/C13H18N2O4S/c1-3-8-14-10(13(16)19-2)9-20-12-7-5-4-6-11(12)15(17)18/h4-7,10,14H,3,8-9H2,1-2H3. The summed E-state index contributed by atoms with van der Waals surface area (Å²) in [6, 6.07) is 6.02. The normalized spacial score (nSPS) is 11.9. The molecule has 1 rings (SSSR count). The monoisotopic (exact) mass is 298 g/mol. The van der Waals surface area contributed by atoms with Crippen molar-refractivity contribution in [2.45, 2.75) is 24.3 Å². The molecule has 0 amide bonds. The summed E-state index contributed by atoms with van der Waals surface area (Å²) in [5, 5.41) is 14.0. The maximum Gasteiger partial charge on any atom is 0.323 e. The minimum absolute atomic E-state index is 0.0524. The highest BCUT2D eigenvalue weighted by Crippen LogP contribution is 2.29. The van der Waals surface area contributed by atoms with Crippen LogP contribution >= 0.6 is 11.8 Å². The van der Waals surface area contributed by atoms with Crippen LogP contribution in [0.5, 0.6) is 0 Å². The van der Waals surface area contributed by atoms with Gasteiger partial charge in [0, 0.05) is 11.8 Å². The number of benzene rings is 1. The number of esters is 1. The molecular formula is C13H18N2O4S. The predicted molar refractivity (Wildman–Crippen MR) is 77.9 cm³/mol. The third-order valence-electron chi connectivity index (χ3n) is 2.59. The van der Waals surface area contributed by atoms with Gasteiger partial charge in [-0.3, -0.25) is 14.9 Å². The number of nitrogens with zero attached hydrogens (tertiary/aromatic N) is 1. The fourth-order valence-electron chi connectivity index (χ4n) is 1.57. The van der Waals surface area contributed by atoms with Gasteiger partial charge in [0.1, 0.15) is 6.04 Å². The Bertz CT molecular complexity index is 467. The van der Waals surface area contributed by atoms with Crippen LogP contribution in [0.3, 0.4) is 0 Å². The first-order valence-electron chi connectivity index (χ1n) is 6.27. The van der Waals surface area contributed by atoms with Gasteiger partial charge in [-0.15, -0.1) is 11.8 Å².